The average molecular weight is 391 g/mol. The summed E-state index contributed by atoms with van der Waals surface area (Å²) in [5.74, 6) is -0.251. The van der Waals surface area contributed by atoms with Crippen molar-refractivity contribution in [2.75, 3.05) is 13.1 Å². The van der Waals surface area contributed by atoms with E-state index in [-0.39, 0.29) is 11.9 Å². The fraction of sp³-hybridized carbons (Fsp3) is 0.381. The molecule has 0 spiro atoms. The summed E-state index contributed by atoms with van der Waals surface area (Å²) in [6, 6.07) is 14.0. The Bertz CT molecular complexity index is 765. The summed E-state index contributed by atoms with van der Waals surface area (Å²) in [6.45, 7) is 3.74. The van der Waals surface area contributed by atoms with E-state index in [9.17, 15) is 9.50 Å². The van der Waals surface area contributed by atoms with Crippen LogP contribution in [0.25, 0.3) is 0 Å². The van der Waals surface area contributed by atoms with Gasteiger partial charge in [-0.1, -0.05) is 47.9 Å². The fourth-order valence-corrected chi connectivity index (χ4v) is 3.23. The van der Waals surface area contributed by atoms with E-state index in [1.54, 1.807) is 12.1 Å². The molecule has 2 aromatic rings. The van der Waals surface area contributed by atoms with Crippen LogP contribution in [0.2, 0.25) is 5.02 Å². The zero-order valence-corrected chi connectivity index (χ0v) is 16.1. The van der Waals surface area contributed by atoms with Gasteiger partial charge in [0.25, 0.3) is 0 Å². The van der Waals surface area contributed by atoms with Crippen LogP contribution < -0.4 is 0 Å². The molecule has 0 amide bonds. The van der Waals surface area contributed by atoms with E-state index >= 15 is 0 Å². The lowest BCUT2D eigenvalue weighted by atomic mass is 10.0. The van der Waals surface area contributed by atoms with Gasteiger partial charge in [0.1, 0.15) is 11.9 Å². The van der Waals surface area contributed by atoms with E-state index in [1.807, 2.05) is 31.2 Å². The van der Waals surface area contributed by atoms with E-state index in [0.717, 1.165) is 16.8 Å². The van der Waals surface area contributed by atoms with Crippen LogP contribution in [0.4, 0.5) is 4.39 Å². The van der Waals surface area contributed by atoms with Crippen LogP contribution in [-0.4, -0.2) is 41.0 Å². The standard InChI is InChI=1S/C21H24ClFN2O2/c1-2-19(26)13-25(12-15-3-9-18(23)10-4-15)14-20-11-21(24-27-20)16-5-7-17(22)8-6-16/h3-10,19-20,26H,2,11-14H2,1H3/t19-,20+/m0/s1. The van der Waals surface area contributed by atoms with Crippen molar-refractivity contribution in [3.05, 3.63) is 70.5 Å². The third kappa shape index (κ3) is 5.76. The van der Waals surface area contributed by atoms with Crippen LogP contribution in [-0.2, 0) is 11.4 Å². The van der Waals surface area contributed by atoms with Crippen molar-refractivity contribution in [1.29, 1.82) is 0 Å². The van der Waals surface area contributed by atoms with Crippen molar-refractivity contribution in [2.24, 2.45) is 5.16 Å². The molecule has 1 N–H and O–H groups in total. The Hall–Kier alpha value is -1.95. The molecule has 0 saturated carbocycles. The zero-order chi connectivity index (χ0) is 19.2. The summed E-state index contributed by atoms with van der Waals surface area (Å²) in [5.41, 5.74) is 2.89. The largest absolute Gasteiger partial charge is 0.392 e. The summed E-state index contributed by atoms with van der Waals surface area (Å²) >= 11 is 5.94. The highest BCUT2D eigenvalue weighted by molar-refractivity contribution is 6.30. The zero-order valence-electron chi connectivity index (χ0n) is 15.3. The van der Waals surface area contributed by atoms with Crippen LogP contribution in [0.5, 0.6) is 0 Å². The van der Waals surface area contributed by atoms with Crippen molar-refractivity contribution in [3.8, 4) is 0 Å². The third-order valence-electron chi connectivity index (χ3n) is 4.63. The number of hydrogen-bond donors (Lipinski definition) is 1. The van der Waals surface area contributed by atoms with Crippen LogP contribution in [0.1, 0.15) is 30.9 Å². The summed E-state index contributed by atoms with van der Waals surface area (Å²) in [5, 5.41) is 15.0. The first kappa shape index (κ1) is 19.8. The Balaban J connectivity index is 1.62. The summed E-state index contributed by atoms with van der Waals surface area (Å²) in [4.78, 5) is 7.76. The number of nitrogens with zero attached hydrogens (tertiary/aromatic N) is 2. The minimum absolute atomic E-state index is 0.0832. The molecule has 0 unspecified atom stereocenters. The highest BCUT2D eigenvalue weighted by Crippen LogP contribution is 2.20. The van der Waals surface area contributed by atoms with Gasteiger partial charge < -0.3 is 9.94 Å². The topological polar surface area (TPSA) is 45.1 Å². The smallest absolute Gasteiger partial charge is 0.145 e. The second kappa shape index (κ2) is 9.31. The molecule has 0 bridgehead atoms. The fourth-order valence-electron chi connectivity index (χ4n) is 3.11. The molecule has 0 aromatic heterocycles. The Morgan fingerprint density at radius 3 is 2.59 bits per heavy atom. The molecule has 0 saturated heterocycles. The first-order valence-corrected chi connectivity index (χ1v) is 9.54. The van der Waals surface area contributed by atoms with E-state index in [1.165, 1.54) is 12.1 Å². The lowest BCUT2D eigenvalue weighted by molar-refractivity contribution is 0.0315. The molecule has 4 nitrogen and oxygen atoms in total. The summed E-state index contributed by atoms with van der Waals surface area (Å²) in [7, 11) is 0. The summed E-state index contributed by atoms with van der Waals surface area (Å²) in [6.07, 6.45) is 0.880. The number of benzene rings is 2. The van der Waals surface area contributed by atoms with Crippen LogP contribution in [0, 0.1) is 5.82 Å². The molecule has 2 atom stereocenters. The number of hydrogen-bond acceptors (Lipinski definition) is 4. The quantitative estimate of drug-likeness (QED) is 0.733. The van der Waals surface area contributed by atoms with Gasteiger partial charge in [-0.2, -0.15) is 0 Å². The maximum Gasteiger partial charge on any atom is 0.145 e. The Kier molecular flexibility index (Phi) is 6.83. The molecule has 144 valence electrons. The van der Waals surface area contributed by atoms with Crippen molar-refractivity contribution < 1.29 is 14.3 Å². The molecule has 1 aliphatic rings. The first-order chi connectivity index (χ1) is 13.0. The molecular formula is C21H24ClFN2O2. The molecule has 0 fully saturated rings. The summed E-state index contributed by atoms with van der Waals surface area (Å²) < 4.78 is 13.1. The Morgan fingerprint density at radius 2 is 1.93 bits per heavy atom. The number of rotatable bonds is 8. The van der Waals surface area contributed by atoms with Gasteiger partial charge >= 0.3 is 0 Å². The second-order valence-electron chi connectivity index (χ2n) is 6.86. The van der Waals surface area contributed by atoms with Gasteiger partial charge in [0, 0.05) is 31.1 Å². The van der Waals surface area contributed by atoms with Crippen molar-refractivity contribution >= 4 is 17.3 Å². The minimum atomic E-state index is -0.413. The highest BCUT2D eigenvalue weighted by atomic mass is 35.5. The van der Waals surface area contributed by atoms with Gasteiger partial charge in [0.2, 0.25) is 0 Å². The number of aliphatic hydroxyl groups excluding tert-OH is 1. The van der Waals surface area contributed by atoms with Gasteiger partial charge in [-0.3, -0.25) is 4.90 Å². The number of aliphatic hydroxyl groups is 1. The van der Waals surface area contributed by atoms with Gasteiger partial charge in [-0.15, -0.1) is 0 Å². The number of halogens is 2. The molecule has 1 heterocycles. The van der Waals surface area contributed by atoms with Gasteiger partial charge in [-0.25, -0.2) is 4.39 Å². The first-order valence-electron chi connectivity index (χ1n) is 9.17. The second-order valence-corrected chi connectivity index (χ2v) is 7.30. The molecule has 1 aliphatic heterocycles. The molecule has 3 rings (SSSR count). The van der Waals surface area contributed by atoms with Gasteiger partial charge in [0.15, 0.2) is 0 Å². The normalized spacial score (nSPS) is 17.7. The van der Waals surface area contributed by atoms with Gasteiger partial charge in [-0.05, 0) is 41.8 Å². The monoisotopic (exact) mass is 390 g/mol. The van der Waals surface area contributed by atoms with E-state index in [2.05, 4.69) is 10.1 Å². The molecule has 2 aromatic carbocycles. The Labute approximate surface area is 164 Å². The third-order valence-corrected chi connectivity index (χ3v) is 4.88. The van der Waals surface area contributed by atoms with Crippen LogP contribution in [0.3, 0.4) is 0 Å². The predicted molar refractivity (Wildman–Crippen MR) is 105 cm³/mol. The molecule has 6 heteroatoms. The Morgan fingerprint density at radius 1 is 1.22 bits per heavy atom. The van der Waals surface area contributed by atoms with E-state index < -0.39 is 6.10 Å². The lowest BCUT2D eigenvalue weighted by Gasteiger charge is -2.26. The molecular weight excluding hydrogens is 367 g/mol. The predicted octanol–water partition coefficient (Wildman–Crippen LogP) is 4.25. The van der Waals surface area contributed by atoms with E-state index in [0.29, 0.717) is 37.5 Å². The van der Waals surface area contributed by atoms with Crippen LogP contribution >= 0.6 is 11.6 Å². The lowest BCUT2D eigenvalue weighted by Crippen LogP contribution is -2.37. The van der Waals surface area contributed by atoms with E-state index in [4.69, 9.17) is 16.4 Å². The van der Waals surface area contributed by atoms with Crippen LogP contribution in [0.15, 0.2) is 53.7 Å². The SMILES string of the molecule is CC[C@H](O)CN(Cc1ccc(F)cc1)C[C@H]1CC(c2ccc(Cl)cc2)=NO1. The maximum absolute atomic E-state index is 13.1. The van der Waals surface area contributed by atoms with Crippen molar-refractivity contribution in [1.82, 2.24) is 4.90 Å². The molecule has 27 heavy (non-hydrogen) atoms. The number of oxime groups is 1. The average Bonchev–Trinajstić information content (AvgIpc) is 3.12. The molecule has 0 radical (unpaired) electrons. The highest BCUT2D eigenvalue weighted by Gasteiger charge is 2.25. The maximum atomic E-state index is 13.1. The van der Waals surface area contributed by atoms with Crippen molar-refractivity contribution in [3.63, 3.8) is 0 Å². The van der Waals surface area contributed by atoms with Crippen molar-refractivity contribution in [2.45, 2.75) is 38.5 Å². The molecule has 0 aliphatic carbocycles. The van der Waals surface area contributed by atoms with Gasteiger partial charge in [0.05, 0.1) is 11.8 Å². The minimum Gasteiger partial charge on any atom is -0.392 e.